The molecule has 0 spiro atoms. The maximum atomic E-state index is 10.8. The van der Waals surface area contributed by atoms with Gasteiger partial charge in [-0.25, -0.2) is 0 Å². The van der Waals surface area contributed by atoms with E-state index >= 15 is 0 Å². The monoisotopic (exact) mass is 254 g/mol. The molecule has 0 unspecified atom stereocenters. The maximum absolute atomic E-state index is 10.8. The van der Waals surface area contributed by atoms with Crippen molar-refractivity contribution in [3.8, 4) is 0 Å². The Labute approximate surface area is 100 Å². The number of aromatic nitrogens is 4. The first-order valence-corrected chi connectivity index (χ1v) is 4.95. The zero-order valence-electron chi connectivity index (χ0n) is 8.42. The predicted molar refractivity (Wildman–Crippen MR) is 59.6 cm³/mol. The first-order chi connectivity index (χ1) is 8.16. The summed E-state index contributed by atoms with van der Waals surface area (Å²) in [6.45, 7) is 0.220. The number of rotatable bonds is 4. The van der Waals surface area contributed by atoms with Crippen LogP contribution in [0.25, 0.3) is 0 Å². The summed E-state index contributed by atoms with van der Waals surface area (Å²) in [5.74, 6) is 0.402. The molecule has 0 aliphatic carbocycles. The number of hydrogen-bond acceptors (Lipinski definition) is 6. The van der Waals surface area contributed by atoms with Crippen LogP contribution in [-0.2, 0) is 6.54 Å². The number of tetrazole rings is 1. The number of nitrogens with zero attached hydrogens (tertiary/aromatic N) is 4. The third-order valence-electron chi connectivity index (χ3n) is 1.98. The van der Waals surface area contributed by atoms with Crippen molar-refractivity contribution in [2.75, 3.05) is 5.32 Å². The summed E-state index contributed by atoms with van der Waals surface area (Å²) in [6, 6.07) is 4.26. The smallest absolute Gasteiger partial charge is 0.292 e. The molecule has 0 fully saturated rings. The van der Waals surface area contributed by atoms with Crippen molar-refractivity contribution < 1.29 is 4.92 Å². The van der Waals surface area contributed by atoms with Crippen LogP contribution in [0.2, 0.25) is 5.02 Å². The molecule has 0 aliphatic rings. The maximum Gasteiger partial charge on any atom is 0.292 e. The zero-order valence-corrected chi connectivity index (χ0v) is 9.18. The minimum Gasteiger partial charge on any atom is -0.372 e. The number of nitro groups is 1. The Morgan fingerprint density at radius 2 is 2.35 bits per heavy atom. The van der Waals surface area contributed by atoms with Gasteiger partial charge in [0.05, 0.1) is 11.5 Å². The van der Waals surface area contributed by atoms with E-state index < -0.39 is 4.92 Å². The van der Waals surface area contributed by atoms with Gasteiger partial charge in [-0.2, -0.15) is 5.21 Å². The molecule has 2 N–H and O–H groups in total. The normalized spacial score (nSPS) is 10.2. The molecule has 2 aromatic rings. The Morgan fingerprint density at radius 3 is 3.00 bits per heavy atom. The van der Waals surface area contributed by atoms with Gasteiger partial charge in [-0.05, 0) is 12.1 Å². The average molecular weight is 255 g/mol. The van der Waals surface area contributed by atoms with Crippen LogP contribution in [0.3, 0.4) is 0 Å². The second-order valence-corrected chi connectivity index (χ2v) is 3.54. The summed E-state index contributed by atoms with van der Waals surface area (Å²) < 4.78 is 0. The lowest BCUT2D eigenvalue weighted by Gasteiger charge is -2.04. The molecule has 0 bridgehead atoms. The van der Waals surface area contributed by atoms with Gasteiger partial charge >= 0.3 is 0 Å². The van der Waals surface area contributed by atoms with E-state index in [1.54, 1.807) is 0 Å². The molecular weight excluding hydrogens is 248 g/mol. The van der Waals surface area contributed by atoms with E-state index in [0.717, 1.165) is 0 Å². The van der Waals surface area contributed by atoms with Crippen molar-refractivity contribution in [1.82, 2.24) is 20.6 Å². The second-order valence-electron chi connectivity index (χ2n) is 3.10. The summed E-state index contributed by atoms with van der Waals surface area (Å²) in [6.07, 6.45) is 0. The van der Waals surface area contributed by atoms with Crippen molar-refractivity contribution in [2.45, 2.75) is 6.54 Å². The number of anilines is 1. The molecule has 8 nitrogen and oxygen atoms in total. The van der Waals surface area contributed by atoms with Gasteiger partial charge in [0.2, 0.25) is 0 Å². The molecule has 1 heterocycles. The summed E-state index contributed by atoms with van der Waals surface area (Å²) in [5.41, 5.74) is 0.255. The lowest BCUT2D eigenvalue weighted by molar-refractivity contribution is -0.384. The van der Waals surface area contributed by atoms with Crippen LogP contribution in [0.5, 0.6) is 0 Å². The van der Waals surface area contributed by atoms with Gasteiger partial charge in [-0.3, -0.25) is 10.1 Å². The number of H-pyrrole nitrogens is 1. The fraction of sp³-hybridized carbons (Fsp3) is 0.125. The third kappa shape index (κ3) is 2.67. The van der Waals surface area contributed by atoms with Gasteiger partial charge < -0.3 is 5.32 Å². The molecule has 9 heteroatoms. The Kier molecular flexibility index (Phi) is 3.15. The van der Waals surface area contributed by atoms with Crippen LogP contribution < -0.4 is 5.32 Å². The molecular formula is C8H7ClN6O2. The highest BCUT2D eigenvalue weighted by molar-refractivity contribution is 6.31. The minimum atomic E-state index is -0.491. The van der Waals surface area contributed by atoms with Crippen LogP contribution >= 0.6 is 11.6 Å². The van der Waals surface area contributed by atoms with Crippen LogP contribution in [0, 0.1) is 10.1 Å². The average Bonchev–Trinajstić information content (AvgIpc) is 2.78. The number of nitrogens with one attached hydrogen (secondary N) is 2. The largest absolute Gasteiger partial charge is 0.372 e. The standard InChI is InChI=1S/C8H7ClN6O2/c9-5-1-2-7(15(16)17)6(3-5)10-4-8-11-13-14-12-8/h1-3,10H,4H2,(H,11,12,13,14). The first-order valence-electron chi connectivity index (χ1n) is 4.57. The van der Waals surface area contributed by atoms with Crippen molar-refractivity contribution in [2.24, 2.45) is 0 Å². The van der Waals surface area contributed by atoms with Gasteiger partial charge in [0.25, 0.3) is 5.69 Å². The van der Waals surface area contributed by atoms with E-state index in [9.17, 15) is 10.1 Å². The van der Waals surface area contributed by atoms with E-state index in [1.807, 2.05) is 0 Å². The van der Waals surface area contributed by atoms with Crippen LogP contribution in [-0.4, -0.2) is 25.5 Å². The van der Waals surface area contributed by atoms with Gasteiger partial charge in [0, 0.05) is 11.1 Å². The number of hydrogen-bond donors (Lipinski definition) is 2. The molecule has 0 radical (unpaired) electrons. The summed E-state index contributed by atoms with van der Waals surface area (Å²) in [7, 11) is 0. The van der Waals surface area contributed by atoms with Crippen molar-refractivity contribution in [3.63, 3.8) is 0 Å². The summed E-state index contributed by atoms with van der Waals surface area (Å²) in [4.78, 5) is 10.3. The van der Waals surface area contributed by atoms with Crippen LogP contribution in [0.15, 0.2) is 18.2 Å². The minimum absolute atomic E-state index is 0.0575. The first kappa shape index (κ1) is 11.3. The Hall–Kier alpha value is -2.22. The molecule has 2 rings (SSSR count). The van der Waals surface area contributed by atoms with Crippen LogP contribution in [0.1, 0.15) is 5.82 Å². The summed E-state index contributed by atoms with van der Waals surface area (Å²) >= 11 is 5.77. The van der Waals surface area contributed by atoms with Gasteiger partial charge in [-0.15, -0.1) is 10.2 Å². The number of aromatic amines is 1. The van der Waals surface area contributed by atoms with Crippen molar-refractivity contribution in [1.29, 1.82) is 0 Å². The molecule has 0 aliphatic heterocycles. The molecule has 0 atom stereocenters. The lowest BCUT2D eigenvalue weighted by Crippen LogP contribution is -2.04. The quantitative estimate of drug-likeness (QED) is 0.630. The van der Waals surface area contributed by atoms with Crippen LogP contribution in [0.4, 0.5) is 11.4 Å². The van der Waals surface area contributed by atoms with E-state index in [1.165, 1.54) is 18.2 Å². The molecule has 17 heavy (non-hydrogen) atoms. The van der Waals surface area contributed by atoms with Crippen molar-refractivity contribution in [3.05, 3.63) is 39.2 Å². The highest BCUT2D eigenvalue weighted by atomic mass is 35.5. The fourth-order valence-electron chi connectivity index (χ4n) is 1.24. The fourth-order valence-corrected chi connectivity index (χ4v) is 1.41. The number of nitro benzene ring substituents is 1. The van der Waals surface area contributed by atoms with Crippen molar-refractivity contribution >= 4 is 23.0 Å². The lowest BCUT2D eigenvalue weighted by atomic mass is 10.2. The molecule has 1 aromatic heterocycles. The Bertz CT molecular complexity index is 529. The van der Waals surface area contributed by atoms with E-state index in [4.69, 9.17) is 11.6 Å². The summed E-state index contributed by atoms with van der Waals surface area (Å²) in [5, 5.41) is 27.1. The van der Waals surface area contributed by atoms with E-state index in [0.29, 0.717) is 16.5 Å². The second kappa shape index (κ2) is 4.74. The topological polar surface area (TPSA) is 110 Å². The SMILES string of the molecule is O=[N+]([O-])c1ccc(Cl)cc1NCc1nn[nH]n1. The predicted octanol–water partition coefficient (Wildman–Crippen LogP) is 1.37. The Morgan fingerprint density at radius 1 is 1.53 bits per heavy atom. The molecule has 0 saturated heterocycles. The Balaban J connectivity index is 2.19. The zero-order chi connectivity index (χ0) is 12.3. The van der Waals surface area contributed by atoms with Gasteiger partial charge in [-0.1, -0.05) is 16.8 Å². The third-order valence-corrected chi connectivity index (χ3v) is 2.22. The highest BCUT2D eigenvalue weighted by Crippen LogP contribution is 2.27. The van der Waals surface area contributed by atoms with E-state index in [2.05, 4.69) is 25.9 Å². The van der Waals surface area contributed by atoms with Gasteiger partial charge in [0.15, 0.2) is 5.82 Å². The molecule has 0 saturated carbocycles. The highest BCUT2D eigenvalue weighted by Gasteiger charge is 2.14. The van der Waals surface area contributed by atoms with Gasteiger partial charge in [0.1, 0.15) is 5.69 Å². The molecule has 1 aromatic carbocycles. The van der Waals surface area contributed by atoms with E-state index in [-0.39, 0.29) is 12.2 Å². The number of halogens is 1. The number of benzene rings is 1. The molecule has 88 valence electrons. The molecule has 0 amide bonds.